The van der Waals surface area contributed by atoms with Gasteiger partial charge in [-0.3, -0.25) is 9.69 Å². The van der Waals surface area contributed by atoms with Crippen molar-refractivity contribution in [2.24, 2.45) is 0 Å². The van der Waals surface area contributed by atoms with Crippen LogP contribution < -0.4 is 10.1 Å². The zero-order valence-electron chi connectivity index (χ0n) is 13.5. The fourth-order valence-corrected chi connectivity index (χ4v) is 3.39. The van der Waals surface area contributed by atoms with E-state index in [0.717, 1.165) is 31.5 Å². The van der Waals surface area contributed by atoms with Crippen molar-refractivity contribution in [1.29, 1.82) is 0 Å². The Bertz CT molecular complexity index is 575. The normalized spacial score (nSPS) is 21.5. The third-order valence-electron chi connectivity index (χ3n) is 4.67. The fraction of sp³-hybridized carbons (Fsp3) is 0.588. The maximum absolute atomic E-state index is 12.5. The number of ether oxygens (including phenoxy) is 2. The molecule has 24 heavy (non-hydrogen) atoms. The van der Waals surface area contributed by atoms with E-state index in [1.54, 1.807) is 18.2 Å². The molecule has 1 amide bonds. The summed E-state index contributed by atoms with van der Waals surface area (Å²) in [4.78, 5) is 14.0. The second-order valence-electron chi connectivity index (χ2n) is 6.32. The number of nitrogens with one attached hydrogen (secondary N) is 1. The number of piperidine rings is 1. The van der Waals surface area contributed by atoms with E-state index in [-0.39, 0.29) is 17.3 Å². The van der Waals surface area contributed by atoms with Gasteiger partial charge in [-0.05, 0) is 18.9 Å². The second-order valence-corrected chi connectivity index (χ2v) is 6.32. The fourth-order valence-electron chi connectivity index (χ4n) is 3.39. The van der Waals surface area contributed by atoms with Crippen LogP contribution in [0.15, 0.2) is 24.3 Å². The summed E-state index contributed by atoms with van der Waals surface area (Å²) in [7, 11) is 0. The highest BCUT2D eigenvalue weighted by atomic mass is 19.3. The van der Waals surface area contributed by atoms with Crippen LogP contribution in [0.5, 0.6) is 5.75 Å². The molecule has 0 saturated carbocycles. The minimum Gasteiger partial charge on any atom is -0.434 e. The van der Waals surface area contributed by atoms with Crippen molar-refractivity contribution in [2.45, 2.75) is 38.0 Å². The van der Waals surface area contributed by atoms with Crippen LogP contribution in [-0.4, -0.2) is 49.3 Å². The van der Waals surface area contributed by atoms with Crippen molar-refractivity contribution in [3.63, 3.8) is 0 Å². The van der Waals surface area contributed by atoms with Crippen LogP contribution in [0, 0.1) is 0 Å². The van der Waals surface area contributed by atoms with Crippen LogP contribution in [0.4, 0.5) is 8.78 Å². The van der Waals surface area contributed by atoms with E-state index in [1.807, 2.05) is 6.07 Å². The molecule has 5 nitrogen and oxygen atoms in total. The highest BCUT2D eigenvalue weighted by Gasteiger charge is 2.38. The summed E-state index contributed by atoms with van der Waals surface area (Å²) >= 11 is 0. The van der Waals surface area contributed by atoms with Gasteiger partial charge in [0.15, 0.2) is 0 Å². The number of nitrogens with zero attached hydrogens (tertiary/aromatic N) is 1. The summed E-state index contributed by atoms with van der Waals surface area (Å²) < 4.78 is 35.5. The Morgan fingerprint density at radius 1 is 1.29 bits per heavy atom. The van der Waals surface area contributed by atoms with Crippen molar-refractivity contribution < 1.29 is 23.0 Å². The Morgan fingerprint density at radius 3 is 2.79 bits per heavy atom. The van der Waals surface area contributed by atoms with Crippen LogP contribution in [0.3, 0.4) is 0 Å². The molecule has 2 aliphatic heterocycles. The highest BCUT2D eigenvalue weighted by Crippen LogP contribution is 2.32. The molecule has 0 aromatic heterocycles. The van der Waals surface area contributed by atoms with Gasteiger partial charge in [0.2, 0.25) is 5.91 Å². The van der Waals surface area contributed by atoms with Gasteiger partial charge < -0.3 is 14.8 Å². The van der Waals surface area contributed by atoms with Crippen LogP contribution in [0.2, 0.25) is 0 Å². The lowest BCUT2D eigenvalue weighted by Gasteiger charge is -2.40. The standard InChI is InChI=1S/C17H22F2N2O3/c18-16(19)24-14-4-2-1-3-13(14)12-21-8-5-17(6-9-21)11-15(22)20-7-10-23-17/h1-4,16H,5-12H2,(H,20,22). The number of halogens is 2. The Morgan fingerprint density at radius 2 is 2.04 bits per heavy atom. The van der Waals surface area contributed by atoms with Crippen molar-refractivity contribution in [1.82, 2.24) is 10.2 Å². The van der Waals surface area contributed by atoms with Gasteiger partial charge in [0, 0.05) is 31.7 Å². The molecule has 2 heterocycles. The summed E-state index contributed by atoms with van der Waals surface area (Å²) in [5, 5.41) is 2.83. The van der Waals surface area contributed by atoms with Crippen LogP contribution in [0.25, 0.3) is 0 Å². The van der Waals surface area contributed by atoms with Gasteiger partial charge in [-0.25, -0.2) is 0 Å². The van der Waals surface area contributed by atoms with E-state index >= 15 is 0 Å². The number of rotatable bonds is 4. The van der Waals surface area contributed by atoms with E-state index in [1.165, 1.54) is 0 Å². The molecular weight excluding hydrogens is 318 g/mol. The van der Waals surface area contributed by atoms with E-state index in [9.17, 15) is 13.6 Å². The molecule has 2 saturated heterocycles. The number of alkyl halides is 2. The molecule has 0 unspecified atom stereocenters. The second kappa shape index (κ2) is 7.44. The quantitative estimate of drug-likeness (QED) is 0.913. The Kier molecular flexibility index (Phi) is 5.30. The lowest BCUT2D eigenvalue weighted by molar-refractivity contribution is -0.128. The maximum atomic E-state index is 12.5. The molecule has 2 fully saturated rings. The molecule has 1 spiro atoms. The molecule has 3 rings (SSSR count). The highest BCUT2D eigenvalue weighted by molar-refractivity contribution is 5.77. The summed E-state index contributed by atoms with van der Waals surface area (Å²) in [6, 6.07) is 6.87. The monoisotopic (exact) mass is 340 g/mol. The average Bonchev–Trinajstić information content (AvgIpc) is 2.73. The number of benzene rings is 1. The molecule has 132 valence electrons. The average molecular weight is 340 g/mol. The third-order valence-corrected chi connectivity index (χ3v) is 4.67. The first-order valence-electron chi connectivity index (χ1n) is 8.22. The van der Waals surface area contributed by atoms with E-state index in [4.69, 9.17) is 4.74 Å². The van der Waals surface area contributed by atoms with Gasteiger partial charge in [0.1, 0.15) is 5.75 Å². The zero-order chi connectivity index (χ0) is 17.0. The molecule has 0 aliphatic carbocycles. The molecule has 7 heteroatoms. The first kappa shape index (κ1) is 17.1. The molecule has 2 aliphatic rings. The molecule has 0 atom stereocenters. The Balaban J connectivity index is 1.60. The first-order valence-corrected chi connectivity index (χ1v) is 8.22. The number of amides is 1. The largest absolute Gasteiger partial charge is 0.434 e. The minimum atomic E-state index is -2.83. The van der Waals surface area contributed by atoms with Crippen LogP contribution in [-0.2, 0) is 16.1 Å². The minimum absolute atomic E-state index is 0.0385. The van der Waals surface area contributed by atoms with Gasteiger partial charge in [-0.1, -0.05) is 18.2 Å². The summed E-state index contributed by atoms with van der Waals surface area (Å²) in [6.45, 7) is 0.339. The molecule has 0 bridgehead atoms. The van der Waals surface area contributed by atoms with Crippen LogP contribution in [0.1, 0.15) is 24.8 Å². The SMILES string of the molecule is O=C1CC2(CCN(Cc3ccccc3OC(F)F)CC2)OCCN1. The van der Waals surface area contributed by atoms with Gasteiger partial charge in [0.05, 0.1) is 18.6 Å². The van der Waals surface area contributed by atoms with Crippen LogP contribution >= 0.6 is 0 Å². The number of carbonyl (C=O) groups excluding carboxylic acids is 1. The Labute approximate surface area is 139 Å². The molecule has 1 aromatic carbocycles. The topological polar surface area (TPSA) is 50.8 Å². The number of likely N-dealkylation sites (tertiary alicyclic amines) is 1. The predicted molar refractivity (Wildman–Crippen MR) is 83.9 cm³/mol. The van der Waals surface area contributed by atoms with Crippen molar-refractivity contribution in [3.05, 3.63) is 29.8 Å². The van der Waals surface area contributed by atoms with Gasteiger partial charge in [-0.2, -0.15) is 8.78 Å². The smallest absolute Gasteiger partial charge is 0.387 e. The summed E-state index contributed by atoms with van der Waals surface area (Å²) in [5.41, 5.74) is 0.365. The number of carbonyl (C=O) groups is 1. The molecule has 1 N–H and O–H groups in total. The lowest BCUT2D eigenvalue weighted by Crippen LogP contribution is -2.46. The number of hydrogen-bond acceptors (Lipinski definition) is 4. The first-order chi connectivity index (χ1) is 11.6. The van der Waals surface area contributed by atoms with Gasteiger partial charge >= 0.3 is 6.61 Å². The van der Waals surface area contributed by atoms with Crippen molar-refractivity contribution >= 4 is 5.91 Å². The lowest BCUT2D eigenvalue weighted by atomic mass is 9.87. The van der Waals surface area contributed by atoms with Gasteiger partial charge in [0.25, 0.3) is 0 Å². The predicted octanol–water partition coefficient (Wildman–Crippen LogP) is 2.16. The number of para-hydroxylation sites is 1. The number of hydrogen-bond donors (Lipinski definition) is 1. The molecule has 0 radical (unpaired) electrons. The van der Waals surface area contributed by atoms with Crippen molar-refractivity contribution in [2.75, 3.05) is 26.2 Å². The van der Waals surface area contributed by atoms with Gasteiger partial charge in [-0.15, -0.1) is 0 Å². The zero-order valence-corrected chi connectivity index (χ0v) is 13.5. The van der Waals surface area contributed by atoms with Crippen molar-refractivity contribution in [3.8, 4) is 5.75 Å². The maximum Gasteiger partial charge on any atom is 0.387 e. The van der Waals surface area contributed by atoms with E-state index in [0.29, 0.717) is 26.1 Å². The van der Waals surface area contributed by atoms with E-state index in [2.05, 4.69) is 15.0 Å². The Hall–Kier alpha value is -1.73. The molecular formula is C17H22F2N2O3. The van der Waals surface area contributed by atoms with E-state index < -0.39 is 6.61 Å². The summed E-state index contributed by atoms with van der Waals surface area (Å²) in [6.07, 6.45) is 1.92. The molecule has 1 aromatic rings. The third kappa shape index (κ3) is 4.21. The summed E-state index contributed by atoms with van der Waals surface area (Å²) in [5.74, 6) is 0.259.